The van der Waals surface area contributed by atoms with Crippen molar-refractivity contribution in [3.8, 4) is 0 Å². The van der Waals surface area contributed by atoms with Crippen molar-refractivity contribution >= 4 is 5.78 Å². The molecule has 3 rings (SSSR count). The fraction of sp³-hybridized carbons (Fsp3) is 0.632. The van der Waals surface area contributed by atoms with Crippen molar-refractivity contribution in [3.05, 3.63) is 35.4 Å². The fourth-order valence-electron chi connectivity index (χ4n) is 4.27. The molecule has 1 saturated carbocycles. The minimum atomic E-state index is 0.302. The van der Waals surface area contributed by atoms with E-state index in [-0.39, 0.29) is 0 Å². The normalized spacial score (nSPS) is 30.6. The minimum Gasteiger partial charge on any atom is -0.294 e. The molecule has 0 aromatic heterocycles. The van der Waals surface area contributed by atoms with Gasteiger partial charge in [0.2, 0.25) is 0 Å². The van der Waals surface area contributed by atoms with Gasteiger partial charge in [0.05, 0.1) is 0 Å². The predicted octanol–water partition coefficient (Wildman–Crippen LogP) is 5.04. The molecule has 0 spiro atoms. The maximum atomic E-state index is 12.9. The number of aryl methyl sites for hydroxylation is 1. The average molecular weight is 270 g/mol. The Bertz CT molecular complexity index is 468. The van der Waals surface area contributed by atoms with E-state index < -0.39 is 0 Å². The van der Waals surface area contributed by atoms with Crippen LogP contribution >= 0.6 is 0 Å². The third-order valence-electron chi connectivity index (χ3n) is 5.62. The molecule has 1 aromatic rings. The number of rotatable bonds is 2. The van der Waals surface area contributed by atoms with Gasteiger partial charge in [-0.2, -0.15) is 0 Å². The van der Waals surface area contributed by atoms with Crippen LogP contribution in [0.3, 0.4) is 0 Å². The van der Waals surface area contributed by atoms with Gasteiger partial charge in [0, 0.05) is 11.5 Å². The highest BCUT2D eigenvalue weighted by Crippen LogP contribution is 2.39. The van der Waals surface area contributed by atoms with Crippen LogP contribution in [0.5, 0.6) is 0 Å². The van der Waals surface area contributed by atoms with E-state index >= 15 is 0 Å². The van der Waals surface area contributed by atoms with Gasteiger partial charge < -0.3 is 0 Å². The van der Waals surface area contributed by atoms with Gasteiger partial charge in [0.15, 0.2) is 5.78 Å². The Morgan fingerprint density at radius 3 is 2.55 bits per heavy atom. The van der Waals surface area contributed by atoms with Crippen LogP contribution in [0.1, 0.15) is 67.8 Å². The molecule has 1 heteroatoms. The van der Waals surface area contributed by atoms with Crippen molar-refractivity contribution in [2.24, 2.45) is 17.8 Å². The molecule has 0 bridgehead atoms. The molecule has 108 valence electrons. The highest BCUT2D eigenvalue weighted by atomic mass is 16.1. The molecular weight excluding hydrogens is 244 g/mol. The number of Topliss-reactive ketones (excluding diaryl/α,β-unsaturated/α-hetero) is 1. The first-order valence-corrected chi connectivity index (χ1v) is 8.41. The second kappa shape index (κ2) is 6.11. The van der Waals surface area contributed by atoms with Gasteiger partial charge in [-0.25, -0.2) is 0 Å². The maximum absolute atomic E-state index is 12.9. The third-order valence-corrected chi connectivity index (χ3v) is 5.62. The van der Waals surface area contributed by atoms with E-state index in [9.17, 15) is 4.79 Å². The number of hydrogen-bond acceptors (Lipinski definition) is 1. The first kappa shape index (κ1) is 13.9. The van der Waals surface area contributed by atoms with Crippen LogP contribution in [0.15, 0.2) is 24.3 Å². The zero-order valence-electron chi connectivity index (χ0n) is 12.6. The predicted molar refractivity (Wildman–Crippen MR) is 82.9 cm³/mol. The van der Waals surface area contributed by atoms with E-state index in [1.54, 1.807) is 0 Å². The van der Waals surface area contributed by atoms with Gasteiger partial charge >= 0.3 is 0 Å². The molecule has 0 aliphatic heterocycles. The largest absolute Gasteiger partial charge is 0.294 e. The van der Waals surface area contributed by atoms with Crippen molar-refractivity contribution in [1.82, 2.24) is 0 Å². The summed E-state index contributed by atoms with van der Waals surface area (Å²) in [6, 6.07) is 8.28. The third kappa shape index (κ3) is 2.68. The first-order valence-electron chi connectivity index (χ1n) is 8.41. The van der Waals surface area contributed by atoms with Crippen molar-refractivity contribution in [2.75, 3.05) is 0 Å². The first-order chi connectivity index (χ1) is 9.79. The molecule has 1 unspecified atom stereocenters. The summed E-state index contributed by atoms with van der Waals surface area (Å²) in [5, 5.41) is 0. The van der Waals surface area contributed by atoms with Crippen LogP contribution in [0.2, 0.25) is 0 Å². The van der Waals surface area contributed by atoms with E-state index in [0.29, 0.717) is 17.6 Å². The van der Waals surface area contributed by atoms with E-state index in [4.69, 9.17) is 0 Å². The van der Waals surface area contributed by atoms with Crippen LogP contribution in [-0.2, 0) is 6.42 Å². The number of fused-ring (bicyclic) bond motifs is 1. The molecule has 1 fully saturated rings. The zero-order chi connectivity index (χ0) is 13.9. The number of hydrogen-bond donors (Lipinski definition) is 0. The Morgan fingerprint density at radius 1 is 1.05 bits per heavy atom. The highest BCUT2D eigenvalue weighted by molar-refractivity contribution is 5.99. The summed E-state index contributed by atoms with van der Waals surface area (Å²) >= 11 is 0. The number of carbonyl (C=O) groups is 1. The van der Waals surface area contributed by atoms with E-state index in [0.717, 1.165) is 24.3 Å². The van der Waals surface area contributed by atoms with Crippen LogP contribution in [-0.4, -0.2) is 5.78 Å². The van der Waals surface area contributed by atoms with E-state index in [1.165, 1.54) is 44.1 Å². The molecule has 1 nitrogen and oxygen atoms in total. The Hall–Kier alpha value is -1.11. The summed E-state index contributed by atoms with van der Waals surface area (Å²) in [5.41, 5.74) is 2.30. The number of carbonyl (C=O) groups excluding carboxylic acids is 1. The molecular formula is C19H26O. The fourth-order valence-corrected chi connectivity index (χ4v) is 4.27. The zero-order valence-corrected chi connectivity index (χ0v) is 12.6. The van der Waals surface area contributed by atoms with Gasteiger partial charge in [-0.3, -0.25) is 4.79 Å². The summed E-state index contributed by atoms with van der Waals surface area (Å²) in [4.78, 5) is 12.9. The second-order valence-electron chi connectivity index (χ2n) is 6.71. The molecule has 0 radical (unpaired) electrons. The van der Waals surface area contributed by atoms with Crippen molar-refractivity contribution in [3.63, 3.8) is 0 Å². The SMILES string of the molecule is CCC1CCC(C2CCCc3ccccc3C2=O)CC1. The van der Waals surface area contributed by atoms with E-state index in [1.807, 2.05) is 12.1 Å². The van der Waals surface area contributed by atoms with Crippen molar-refractivity contribution in [2.45, 2.75) is 58.3 Å². The van der Waals surface area contributed by atoms with E-state index in [2.05, 4.69) is 19.1 Å². The molecule has 0 heterocycles. The van der Waals surface area contributed by atoms with Gasteiger partial charge in [-0.1, -0.05) is 50.5 Å². The van der Waals surface area contributed by atoms with Crippen molar-refractivity contribution in [1.29, 1.82) is 0 Å². The summed E-state index contributed by atoms with van der Waals surface area (Å²) in [6.07, 6.45) is 9.92. The lowest BCUT2D eigenvalue weighted by molar-refractivity contribution is 0.0819. The Morgan fingerprint density at radius 2 is 1.80 bits per heavy atom. The van der Waals surface area contributed by atoms with Gasteiger partial charge in [0.25, 0.3) is 0 Å². The van der Waals surface area contributed by atoms with Crippen LogP contribution in [0, 0.1) is 17.8 Å². The number of ketones is 1. The second-order valence-corrected chi connectivity index (χ2v) is 6.71. The topological polar surface area (TPSA) is 17.1 Å². The highest BCUT2D eigenvalue weighted by Gasteiger charge is 2.33. The van der Waals surface area contributed by atoms with Gasteiger partial charge in [0.1, 0.15) is 0 Å². The minimum absolute atomic E-state index is 0.302. The Labute approximate surface area is 122 Å². The summed E-state index contributed by atoms with van der Waals surface area (Å²) < 4.78 is 0. The summed E-state index contributed by atoms with van der Waals surface area (Å²) in [6.45, 7) is 2.30. The monoisotopic (exact) mass is 270 g/mol. The Balaban J connectivity index is 1.76. The molecule has 20 heavy (non-hydrogen) atoms. The molecule has 1 aromatic carbocycles. The standard InChI is InChI=1S/C19H26O/c1-2-14-10-12-16(13-11-14)18-9-5-7-15-6-3-4-8-17(15)19(18)20/h3-4,6,8,14,16,18H,2,5,7,9-13H2,1H3. The lowest BCUT2D eigenvalue weighted by atomic mass is 9.72. The lowest BCUT2D eigenvalue weighted by Crippen LogP contribution is -2.27. The van der Waals surface area contributed by atoms with Gasteiger partial charge in [-0.05, 0) is 49.5 Å². The molecule has 0 saturated heterocycles. The number of benzene rings is 1. The maximum Gasteiger partial charge on any atom is 0.166 e. The Kier molecular flexibility index (Phi) is 4.24. The molecule has 1 atom stereocenters. The smallest absolute Gasteiger partial charge is 0.166 e. The molecule has 0 N–H and O–H groups in total. The van der Waals surface area contributed by atoms with Crippen LogP contribution in [0.4, 0.5) is 0 Å². The molecule has 0 amide bonds. The summed E-state index contributed by atoms with van der Waals surface area (Å²) in [7, 11) is 0. The van der Waals surface area contributed by atoms with Crippen molar-refractivity contribution < 1.29 is 4.79 Å². The quantitative estimate of drug-likeness (QED) is 0.688. The molecule has 2 aliphatic carbocycles. The average Bonchev–Trinajstić information content (AvgIpc) is 2.67. The van der Waals surface area contributed by atoms with Gasteiger partial charge in [-0.15, -0.1) is 0 Å². The van der Waals surface area contributed by atoms with Crippen LogP contribution in [0.25, 0.3) is 0 Å². The van der Waals surface area contributed by atoms with Crippen LogP contribution < -0.4 is 0 Å². The lowest BCUT2D eigenvalue weighted by Gasteiger charge is -2.32. The summed E-state index contributed by atoms with van der Waals surface area (Å²) in [5.74, 6) is 2.31. The molecule has 2 aliphatic rings.